The molecule has 27 heavy (non-hydrogen) atoms. The minimum Gasteiger partial charge on any atom is -0.509 e. The Kier molecular flexibility index (Phi) is 5.87. The zero-order valence-electron chi connectivity index (χ0n) is 13.2. The van der Waals surface area contributed by atoms with E-state index < -0.39 is 51.8 Å². The van der Waals surface area contributed by atoms with Gasteiger partial charge in [0.2, 0.25) is 0 Å². The van der Waals surface area contributed by atoms with Crippen molar-refractivity contribution in [3.05, 3.63) is 41.7 Å². The second-order valence-corrected chi connectivity index (χ2v) is 7.10. The summed E-state index contributed by atoms with van der Waals surface area (Å²) in [7, 11) is -6.47. The highest BCUT2D eigenvalue weighted by Crippen LogP contribution is 2.36. The maximum atomic E-state index is 12.5. The summed E-state index contributed by atoms with van der Waals surface area (Å²) in [6, 6.07) is 7.71. The Balaban J connectivity index is 2.37. The number of ether oxygens (including phenoxy) is 1. The Morgan fingerprint density at radius 2 is 1.70 bits per heavy atom. The Morgan fingerprint density at radius 1 is 1.15 bits per heavy atom. The summed E-state index contributed by atoms with van der Waals surface area (Å²) in [4.78, 5) is 0. The van der Waals surface area contributed by atoms with Crippen LogP contribution in [-0.2, 0) is 19.0 Å². The van der Waals surface area contributed by atoms with Crippen molar-refractivity contribution in [1.29, 1.82) is 0 Å². The molecule has 5 N–H and O–H groups in total. The van der Waals surface area contributed by atoms with E-state index in [0.717, 1.165) is 6.08 Å². The Bertz CT molecular complexity index is 796. The monoisotopic (exact) mass is 416 g/mol. The van der Waals surface area contributed by atoms with Gasteiger partial charge in [0, 0.05) is 0 Å². The van der Waals surface area contributed by atoms with Crippen LogP contribution in [0.2, 0.25) is 0 Å². The van der Waals surface area contributed by atoms with Crippen LogP contribution in [0, 0.1) is 0 Å². The van der Waals surface area contributed by atoms with Crippen molar-refractivity contribution >= 4 is 16.2 Å². The molecule has 1 heterocycles. The lowest BCUT2D eigenvalue weighted by Gasteiger charge is -2.43. The molecule has 1 aliphatic heterocycles. The fraction of sp³-hybridized carbons (Fsp3) is 0.429. The highest BCUT2D eigenvalue weighted by Gasteiger charge is 2.61. The topological polar surface area (TPSA) is 154 Å². The zero-order valence-corrected chi connectivity index (χ0v) is 14.0. The summed E-state index contributed by atoms with van der Waals surface area (Å²) in [6.45, 7) is 0. The van der Waals surface area contributed by atoms with Gasteiger partial charge in [0.25, 0.3) is 0 Å². The first-order chi connectivity index (χ1) is 12.3. The van der Waals surface area contributed by atoms with Crippen LogP contribution in [0.25, 0.3) is 6.08 Å². The summed E-state index contributed by atoms with van der Waals surface area (Å²) in [5.41, 5.74) is -5.65. The van der Waals surface area contributed by atoms with Gasteiger partial charge in [-0.15, -0.1) is 0 Å². The third-order valence-electron chi connectivity index (χ3n) is 3.57. The van der Waals surface area contributed by atoms with Crippen molar-refractivity contribution < 1.29 is 56.0 Å². The standard InChI is InChI=1S/C14H15F3O9S/c15-14(16,17)27(23,24)26-13(22)12(21)10(20)9(19)11(25-13)8(18)6-7-4-2-1-3-5-7/h1-6,9-12,18-22H/b8-6+/t9-,10-,11+,12-,13-/m0/s1. The smallest absolute Gasteiger partial charge is 0.509 e. The van der Waals surface area contributed by atoms with Crippen LogP contribution in [0.3, 0.4) is 0 Å². The molecule has 1 aliphatic rings. The molecule has 1 saturated heterocycles. The molecule has 1 aromatic carbocycles. The van der Waals surface area contributed by atoms with Gasteiger partial charge in [-0.3, -0.25) is 0 Å². The second kappa shape index (κ2) is 7.35. The second-order valence-electron chi connectivity index (χ2n) is 5.56. The van der Waals surface area contributed by atoms with E-state index in [2.05, 4.69) is 8.92 Å². The van der Waals surface area contributed by atoms with Crippen LogP contribution in [-0.4, -0.2) is 69.8 Å². The van der Waals surface area contributed by atoms with Crippen molar-refractivity contribution in [1.82, 2.24) is 0 Å². The van der Waals surface area contributed by atoms with Crippen molar-refractivity contribution in [2.24, 2.45) is 0 Å². The molecule has 5 atom stereocenters. The minimum absolute atomic E-state index is 0.332. The summed E-state index contributed by atoms with van der Waals surface area (Å²) in [6.07, 6.45) is -8.54. The molecule has 9 nitrogen and oxygen atoms in total. The first-order valence-electron chi connectivity index (χ1n) is 7.20. The van der Waals surface area contributed by atoms with Crippen LogP contribution in [0.15, 0.2) is 36.1 Å². The summed E-state index contributed by atoms with van der Waals surface area (Å²) < 4.78 is 67.6. The molecule has 0 radical (unpaired) electrons. The molecule has 1 aromatic rings. The van der Waals surface area contributed by atoms with Crippen molar-refractivity contribution in [2.75, 3.05) is 0 Å². The van der Waals surface area contributed by atoms with E-state index in [0.29, 0.717) is 5.56 Å². The molecule has 2 rings (SSSR count). The van der Waals surface area contributed by atoms with Gasteiger partial charge >= 0.3 is 21.6 Å². The van der Waals surface area contributed by atoms with Crippen LogP contribution in [0.5, 0.6) is 0 Å². The van der Waals surface area contributed by atoms with E-state index in [1.165, 1.54) is 12.1 Å². The van der Waals surface area contributed by atoms with Gasteiger partial charge in [-0.25, -0.2) is 0 Å². The molecule has 152 valence electrons. The Morgan fingerprint density at radius 3 is 2.22 bits per heavy atom. The van der Waals surface area contributed by atoms with Gasteiger partial charge < -0.3 is 30.3 Å². The molecule has 0 saturated carbocycles. The van der Waals surface area contributed by atoms with E-state index in [-0.39, 0.29) is 0 Å². The van der Waals surface area contributed by atoms with Crippen LogP contribution >= 0.6 is 0 Å². The normalized spacial score (nSPS) is 33.1. The maximum absolute atomic E-state index is 12.5. The fourth-order valence-corrected chi connectivity index (χ4v) is 2.76. The number of aliphatic hydroxyl groups excluding tert-OH is 4. The number of hydrogen-bond donors (Lipinski definition) is 5. The number of halogens is 3. The molecule has 0 spiro atoms. The molecule has 0 aromatic heterocycles. The molecular weight excluding hydrogens is 401 g/mol. The van der Waals surface area contributed by atoms with Gasteiger partial charge in [0.1, 0.15) is 24.1 Å². The minimum atomic E-state index is -6.47. The largest absolute Gasteiger partial charge is 0.523 e. The lowest BCUT2D eigenvalue weighted by molar-refractivity contribution is -0.417. The van der Waals surface area contributed by atoms with Crippen molar-refractivity contribution in [2.45, 2.75) is 35.9 Å². The quantitative estimate of drug-likeness (QED) is 0.191. The third-order valence-corrected chi connectivity index (χ3v) is 4.60. The average molecular weight is 416 g/mol. The SMILES string of the molecule is O=S(=O)(O[C@@]1(O)O[C@H](/C(O)=C\c2ccccc2)[C@@H](O)[C@H](O)[C@@H]1O)C(F)(F)F. The van der Waals surface area contributed by atoms with Crippen molar-refractivity contribution in [3.63, 3.8) is 0 Å². The molecule has 0 unspecified atom stereocenters. The average Bonchev–Trinajstić information content (AvgIpc) is 2.56. The number of alkyl halides is 3. The Labute approximate surface area is 150 Å². The molecule has 0 bridgehead atoms. The molecule has 0 aliphatic carbocycles. The molecule has 13 heteroatoms. The van der Waals surface area contributed by atoms with Crippen molar-refractivity contribution in [3.8, 4) is 0 Å². The molecular formula is C14H15F3O9S. The first-order valence-corrected chi connectivity index (χ1v) is 8.61. The number of aliphatic hydroxyl groups is 5. The predicted octanol–water partition coefficient (Wildman–Crippen LogP) is -0.421. The summed E-state index contributed by atoms with van der Waals surface area (Å²) >= 11 is 0. The predicted molar refractivity (Wildman–Crippen MR) is 81.0 cm³/mol. The maximum Gasteiger partial charge on any atom is 0.523 e. The van der Waals surface area contributed by atoms with Gasteiger partial charge in [-0.1, -0.05) is 30.3 Å². The van der Waals surface area contributed by atoms with E-state index in [4.69, 9.17) is 0 Å². The highest BCUT2D eigenvalue weighted by molar-refractivity contribution is 7.87. The van der Waals surface area contributed by atoms with Gasteiger partial charge in [-0.2, -0.15) is 25.8 Å². The molecule has 1 fully saturated rings. The van der Waals surface area contributed by atoms with Crippen LogP contribution < -0.4 is 0 Å². The van der Waals surface area contributed by atoms with E-state index in [1.807, 2.05) is 0 Å². The van der Waals surface area contributed by atoms with E-state index in [1.54, 1.807) is 18.2 Å². The Hall–Kier alpha value is -1.74. The van der Waals surface area contributed by atoms with Gasteiger partial charge in [-0.05, 0) is 11.6 Å². The van der Waals surface area contributed by atoms with E-state index in [9.17, 15) is 47.1 Å². The lowest BCUT2D eigenvalue weighted by Crippen LogP contribution is -2.66. The number of benzene rings is 1. The number of rotatable bonds is 4. The first kappa shape index (κ1) is 21.6. The van der Waals surface area contributed by atoms with Crippen LogP contribution in [0.1, 0.15) is 5.56 Å². The zero-order chi connectivity index (χ0) is 20.6. The van der Waals surface area contributed by atoms with Crippen LogP contribution in [0.4, 0.5) is 13.2 Å². The lowest BCUT2D eigenvalue weighted by atomic mass is 9.95. The van der Waals surface area contributed by atoms with E-state index >= 15 is 0 Å². The fourth-order valence-electron chi connectivity index (χ4n) is 2.21. The van der Waals surface area contributed by atoms with Gasteiger partial charge in [0.05, 0.1) is 0 Å². The summed E-state index contributed by atoms with van der Waals surface area (Å²) in [5.74, 6) is -4.83. The molecule has 0 amide bonds. The third kappa shape index (κ3) is 4.40. The summed E-state index contributed by atoms with van der Waals surface area (Å²) in [5, 5.41) is 49.2. The highest BCUT2D eigenvalue weighted by atomic mass is 32.2. The van der Waals surface area contributed by atoms with Gasteiger partial charge in [0.15, 0.2) is 6.10 Å². The number of hydrogen-bond acceptors (Lipinski definition) is 9.